The van der Waals surface area contributed by atoms with Crippen LogP contribution in [0.1, 0.15) is 59.3 Å². The minimum atomic E-state index is 0.308. The summed E-state index contributed by atoms with van der Waals surface area (Å²) in [6.45, 7) is 10.6. The Morgan fingerprint density at radius 3 is 2.57 bits per heavy atom. The number of nitrogens with one attached hydrogen (secondary N) is 1. The summed E-state index contributed by atoms with van der Waals surface area (Å²) in [4.78, 5) is 16.9. The second-order valence-corrected chi connectivity index (χ2v) is 6.69. The Morgan fingerprint density at radius 1 is 1.29 bits per heavy atom. The maximum atomic E-state index is 12.2. The second-order valence-electron chi connectivity index (χ2n) is 6.69. The molecule has 1 N–H and O–H groups in total. The van der Waals surface area contributed by atoms with Crippen LogP contribution in [0.2, 0.25) is 0 Å². The van der Waals surface area contributed by atoms with Gasteiger partial charge in [-0.15, -0.1) is 0 Å². The summed E-state index contributed by atoms with van der Waals surface area (Å²) >= 11 is 0. The van der Waals surface area contributed by atoms with E-state index >= 15 is 0 Å². The average Bonchev–Trinajstić information content (AvgIpc) is 3.12. The summed E-state index contributed by atoms with van der Waals surface area (Å²) in [6, 6.07) is 0.369. The molecule has 0 bridgehead atoms. The van der Waals surface area contributed by atoms with Crippen molar-refractivity contribution >= 4 is 5.91 Å². The first-order valence-electron chi connectivity index (χ1n) is 8.94. The van der Waals surface area contributed by atoms with Gasteiger partial charge in [-0.2, -0.15) is 0 Å². The molecule has 0 radical (unpaired) electrons. The molecule has 2 unspecified atom stereocenters. The summed E-state index contributed by atoms with van der Waals surface area (Å²) in [7, 11) is 0. The molecule has 1 aliphatic heterocycles. The molecule has 0 aromatic rings. The highest BCUT2D eigenvalue weighted by atomic mass is 16.2. The van der Waals surface area contributed by atoms with Crippen molar-refractivity contribution < 1.29 is 4.79 Å². The number of hydrogen-bond donors (Lipinski definition) is 1. The van der Waals surface area contributed by atoms with Crippen LogP contribution in [-0.4, -0.2) is 54.1 Å². The number of nitrogens with zero attached hydrogens (tertiary/aromatic N) is 2. The van der Waals surface area contributed by atoms with E-state index in [0.29, 0.717) is 30.6 Å². The molecule has 1 saturated carbocycles. The van der Waals surface area contributed by atoms with E-state index in [0.717, 1.165) is 26.1 Å². The Morgan fingerprint density at radius 2 is 1.95 bits per heavy atom. The van der Waals surface area contributed by atoms with E-state index in [4.69, 9.17) is 0 Å². The van der Waals surface area contributed by atoms with Crippen LogP contribution in [0.5, 0.6) is 0 Å². The molecule has 1 saturated heterocycles. The number of rotatable bonds is 8. The van der Waals surface area contributed by atoms with Gasteiger partial charge in [-0.25, -0.2) is 0 Å². The first-order valence-corrected chi connectivity index (χ1v) is 8.94. The van der Waals surface area contributed by atoms with Gasteiger partial charge in [-0.3, -0.25) is 10.1 Å². The molecule has 0 spiro atoms. The van der Waals surface area contributed by atoms with Crippen LogP contribution in [-0.2, 0) is 4.79 Å². The zero-order valence-corrected chi connectivity index (χ0v) is 14.1. The third kappa shape index (κ3) is 4.19. The van der Waals surface area contributed by atoms with Crippen LogP contribution < -0.4 is 5.32 Å². The van der Waals surface area contributed by atoms with Gasteiger partial charge in [0.25, 0.3) is 0 Å². The predicted molar refractivity (Wildman–Crippen MR) is 87.1 cm³/mol. The van der Waals surface area contributed by atoms with Crippen molar-refractivity contribution in [1.82, 2.24) is 15.1 Å². The van der Waals surface area contributed by atoms with Crippen molar-refractivity contribution in [2.45, 2.75) is 71.5 Å². The van der Waals surface area contributed by atoms with Crippen molar-refractivity contribution in [3.8, 4) is 0 Å². The van der Waals surface area contributed by atoms with E-state index in [-0.39, 0.29) is 0 Å². The van der Waals surface area contributed by atoms with E-state index in [2.05, 4.69) is 35.9 Å². The lowest BCUT2D eigenvalue weighted by atomic mass is 10.0. The van der Waals surface area contributed by atoms with Gasteiger partial charge in [0, 0.05) is 6.04 Å². The summed E-state index contributed by atoms with van der Waals surface area (Å²) in [5.41, 5.74) is 0. The second kappa shape index (κ2) is 8.14. The zero-order chi connectivity index (χ0) is 15.2. The predicted octanol–water partition coefficient (Wildman–Crippen LogP) is 2.45. The molecule has 4 heteroatoms. The Balaban J connectivity index is 1.83. The van der Waals surface area contributed by atoms with Crippen LogP contribution in [0.4, 0.5) is 0 Å². The molecule has 2 aliphatic rings. The molecule has 0 aromatic carbocycles. The number of amides is 1. The number of carbonyl (C=O) groups excluding carboxylic acids is 1. The van der Waals surface area contributed by atoms with Gasteiger partial charge in [-0.05, 0) is 58.2 Å². The van der Waals surface area contributed by atoms with Crippen molar-refractivity contribution in [3.63, 3.8) is 0 Å². The zero-order valence-electron chi connectivity index (χ0n) is 14.1. The van der Waals surface area contributed by atoms with Crippen LogP contribution >= 0.6 is 0 Å². The van der Waals surface area contributed by atoms with Gasteiger partial charge >= 0.3 is 0 Å². The minimum absolute atomic E-state index is 0.308. The van der Waals surface area contributed by atoms with Gasteiger partial charge in [-0.1, -0.05) is 26.7 Å². The van der Waals surface area contributed by atoms with Crippen LogP contribution in [0.15, 0.2) is 0 Å². The van der Waals surface area contributed by atoms with Crippen LogP contribution in [0.3, 0.4) is 0 Å². The highest BCUT2D eigenvalue weighted by Gasteiger charge is 2.39. The van der Waals surface area contributed by atoms with Crippen molar-refractivity contribution in [1.29, 1.82) is 0 Å². The SMILES string of the molecule is CCN(CC)CCCC(C)N1C(=O)CNC1C1CCCC1. The molecule has 1 aliphatic carbocycles. The summed E-state index contributed by atoms with van der Waals surface area (Å²) in [5, 5.41) is 3.47. The fourth-order valence-corrected chi connectivity index (χ4v) is 4.01. The smallest absolute Gasteiger partial charge is 0.238 e. The fraction of sp³-hybridized carbons (Fsp3) is 0.941. The topological polar surface area (TPSA) is 35.6 Å². The molecule has 2 atom stereocenters. The first kappa shape index (κ1) is 16.8. The molecule has 4 nitrogen and oxygen atoms in total. The minimum Gasteiger partial charge on any atom is -0.323 e. The van der Waals surface area contributed by atoms with Crippen molar-refractivity contribution in [2.24, 2.45) is 5.92 Å². The Kier molecular flexibility index (Phi) is 6.49. The molecule has 0 aromatic heterocycles. The molecular formula is C17H33N3O. The lowest BCUT2D eigenvalue weighted by Gasteiger charge is -2.34. The molecule has 2 rings (SSSR count). The normalized spacial score (nSPS) is 25.2. The van der Waals surface area contributed by atoms with E-state index in [9.17, 15) is 4.79 Å². The number of carbonyl (C=O) groups is 1. The molecule has 122 valence electrons. The monoisotopic (exact) mass is 295 g/mol. The Bertz CT molecular complexity index is 324. The summed E-state index contributed by atoms with van der Waals surface area (Å²) in [6.07, 6.45) is 7.85. The van der Waals surface area contributed by atoms with E-state index < -0.39 is 0 Å². The lowest BCUT2D eigenvalue weighted by molar-refractivity contribution is -0.130. The maximum absolute atomic E-state index is 12.2. The Labute approximate surface area is 130 Å². The molecule has 1 heterocycles. The maximum Gasteiger partial charge on any atom is 0.238 e. The van der Waals surface area contributed by atoms with Gasteiger partial charge in [0.05, 0.1) is 12.7 Å². The van der Waals surface area contributed by atoms with Gasteiger partial charge < -0.3 is 9.80 Å². The van der Waals surface area contributed by atoms with Crippen LogP contribution in [0, 0.1) is 5.92 Å². The first-order chi connectivity index (χ1) is 10.2. The average molecular weight is 295 g/mol. The summed E-state index contributed by atoms with van der Waals surface area (Å²) < 4.78 is 0. The molecule has 21 heavy (non-hydrogen) atoms. The van der Waals surface area contributed by atoms with E-state index in [1.807, 2.05) is 0 Å². The quantitative estimate of drug-likeness (QED) is 0.747. The largest absolute Gasteiger partial charge is 0.323 e. The molecular weight excluding hydrogens is 262 g/mol. The highest BCUT2D eigenvalue weighted by molar-refractivity contribution is 5.81. The van der Waals surface area contributed by atoms with E-state index in [1.165, 1.54) is 32.1 Å². The Hall–Kier alpha value is -0.610. The molecule has 2 fully saturated rings. The van der Waals surface area contributed by atoms with Gasteiger partial charge in [0.15, 0.2) is 0 Å². The third-order valence-corrected chi connectivity index (χ3v) is 5.36. The lowest BCUT2D eigenvalue weighted by Crippen LogP contribution is -2.47. The van der Waals surface area contributed by atoms with Gasteiger partial charge in [0.2, 0.25) is 5.91 Å². The van der Waals surface area contributed by atoms with E-state index in [1.54, 1.807) is 0 Å². The molecule has 1 amide bonds. The van der Waals surface area contributed by atoms with Gasteiger partial charge in [0.1, 0.15) is 0 Å². The summed E-state index contributed by atoms with van der Waals surface area (Å²) in [5.74, 6) is 0.990. The fourth-order valence-electron chi connectivity index (χ4n) is 4.01. The number of hydrogen-bond acceptors (Lipinski definition) is 3. The standard InChI is InChI=1S/C17H33N3O/c1-4-19(5-2)12-8-9-14(3)20-16(21)13-18-17(20)15-10-6-7-11-15/h14-15,17-18H,4-13H2,1-3H3. The van der Waals surface area contributed by atoms with Crippen LogP contribution in [0.25, 0.3) is 0 Å². The third-order valence-electron chi connectivity index (χ3n) is 5.36. The van der Waals surface area contributed by atoms with Crippen molar-refractivity contribution in [3.05, 3.63) is 0 Å². The highest BCUT2D eigenvalue weighted by Crippen LogP contribution is 2.32. The van der Waals surface area contributed by atoms with Crippen molar-refractivity contribution in [2.75, 3.05) is 26.2 Å².